The summed E-state index contributed by atoms with van der Waals surface area (Å²) in [4.78, 5) is 27.1. The number of nitrogens with one attached hydrogen (secondary N) is 1. The summed E-state index contributed by atoms with van der Waals surface area (Å²) in [5.74, 6) is 2.21. The molecule has 0 aliphatic heterocycles. The highest BCUT2D eigenvalue weighted by Crippen LogP contribution is 2.24. The summed E-state index contributed by atoms with van der Waals surface area (Å²) in [7, 11) is 0. The second-order valence-electron chi connectivity index (χ2n) is 7.61. The molecule has 2 heterocycles. The third-order valence-electron chi connectivity index (χ3n) is 5.12. The lowest BCUT2D eigenvalue weighted by Gasteiger charge is -2.10. The maximum Gasteiger partial charge on any atom is 0.328 e. The van der Waals surface area contributed by atoms with Crippen molar-refractivity contribution in [3.63, 3.8) is 0 Å². The minimum absolute atomic E-state index is 0.259. The first-order valence-electron chi connectivity index (χ1n) is 10.4. The van der Waals surface area contributed by atoms with Crippen molar-refractivity contribution in [3.05, 3.63) is 87.4 Å². The van der Waals surface area contributed by atoms with E-state index in [1.807, 2.05) is 42.5 Å². The smallest absolute Gasteiger partial charge is 0.328 e. The van der Waals surface area contributed by atoms with Crippen molar-refractivity contribution in [2.75, 3.05) is 12.3 Å². The number of unbranched alkanes of at least 4 members (excludes halogenated alkanes) is 1. The number of fused-ring (bicyclic) bond motifs is 1. The molecule has 4 rings (SSSR count). The summed E-state index contributed by atoms with van der Waals surface area (Å²) in [5.41, 5.74) is 8.65. The number of ether oxygens (including phenoxy) is 1. The summed E-state index contributed by atoms with van der Waals surface area (Å²) >= 11 is 0. The van der Waals surface area contributed by atoms with Crippen LogP contribution in [0.5, 0.6) is 11.5 Å². The molecule has 162 valence electrons. The minimum atomic E-state index is -0.288. The van der Waals surface area contributed by atoms with Crippen LogP contribution in [0.2, 0.25) is 0 Å². The van der Waals surface area contributed by atoms with Crippen LogP contribution in [-0.4, -0.2) is 26.1 Å². The number of benzene rings is 2. The van der Waals surface area contributed by atoms with Crippen LogP contribution in [0.3, 0.4) is 0 Å². The first-order valence-corrected chi connectivity index (χ1v) is 10.4. The largest absolute Gasteiger partial charge is 0.457 e. The molecule has 8 heteroatoms. The summed E-state index contributed by atoms with van der Waals surface area (Å²) in [5, 5.41) is 0. The molecule has 0 atom stereocenters. The number of nitrogen functional groups attached to an aromatic ring is 1. The van der Waals surface area contributed by atoms with Crippen LogP contribution in [-0.2, 0) is 13.0 Å². The monoisotopic (exact) mass is 428 g/mol. The van der Waals surface area contributed by atoms with Crippen molar-refractivity contribution in [2.45, 2.75) is 32.7 Å². The van der Waals surface area contributed by atoms with Gasteiger partial charge in [-0.3, -0.25) is 4.57 Å². The standard InChI is InChI=1S/C24H24N6O2/c1-16-27-22(25)21-23(28-16)30(24(31)29-21)15-18-9-6-11-20(14-18)32-19-10-5-8-17(13-19)7-3-4-12-26-2/h5-6,8-11,13-14H,3-4,7,12,15H2,1H3,(H,29,31)(H2,25,27,28). The molecule has 2 aromatic heterocycles. The van der Waals surface area contributed by atoms with Crippen LogP contribution < -0.4 is 16.2 Å². The third kappa shape index (κ3) is 4.78. The van der Waals surface area contributed by atoms with E-state index >= 15 is 0 Å². The van der Waals surface area contributed by atoms with E-state index < -0.39 is 0 Å². The minimum Gasteiger partial charge on any atom is -0.457 e. The van der Waals surface area contributed by atoms with Gasteiger partial charge in [0.2, 0.25) is 6.54 Å². The van der Waals surface area contributed by atoms with Crippen LogP contribution in [0, 0.1) is 13.5 Å². The van der Waals surface area contributed by atoms with Gasteiger partial charge in [0.25, 0.3) is 0 Å². The Hall–Kier alpha value is -4.12. The summed E-state index contributed by atoms with van der Waals surface area (Å²) in [6.45, 7) is 9.50. The van der Waals surface area contributed by atoms with Gasteiger partial charge in [-0.25, -0.2) is 21.3 Å². The van der Waals surface area contributed by atoms with Crippen molar-refractivity contribution in [3.8, 4) is 11.5 Å². The highest BCUT2D eigenvalue weighted by atomic mass is 16.5. The molecule has 0 unspecified atom stereocenters. The van der Waals surface area contributed by atoms with Gasteiger partial charge in [-0.05, 0) is 55.2 Å². The molecule has 8 nitrogen and oxygen atoms in total. The Kier molecular flexibility index (Phi) is 6.17. The summed E-state index contributed by atoms with van der Waals surface area (Å²) < 4.78 is 7.62. The van der Waals surface area contributed by atoms with Crippen molar-refractivity contribution < 1.29 is 4.74 Å². The molecule has 0 aliphatic rings. The first-order chi connectivity index (χ1) is 15.5. The molecule has 3 N–H and O–H groups in total. The van der Waals surface area contributed by atoms with Crippen molar-refractivity contribution in [1.82, 2.24) is 19.5 Å². The maximum atomic E-state index is 12.5. The normalized spacial score (nSPS) is 10.9. The highest BCUT2D eigenvalue weighted by molar-refractivity contribution is 5.81. The zero-order valence-corrected chi connectivity index (χ0v) is 17.8. The van der Waals surface area contributed by atoms with Crippen LogP contribution in [0.4, 0.5) is 5.82 Å². The van der Waals surface area contributed by atoms with Crippen LogP contribution in [0.1, 0.15) is 29.8 Å². The molecule has 0 bridgehead atoms. The van der Waals surface area contributed by atoms with E-state index in [9.17, 15) is 4.79 Å². The number of nitrogens with zero attached hydrogens (tertiary/aromatic N) is 4. The van der Waals surface area contributed by atoms with Gasteiger partial charge in [0.1, 0.15) is 22.8 Å². The Morgan fingerprint density at radius 2 is 1.81 bits per heavy atom. The van der Waals surface area contributed by atoms with Crippen LogP contribution in [0.15, 0.2) is 53.3 Å². The Bertz CT molecular complexity index is 1350. The van der Waals surface area contributed by atoms with Gasteiger partial charge in [0.15, 0.2) is 11.5 Å². The van der Waals surface area contributed by atoms with E-state index in [2.05, 4.69) is 25.9 Å². The van der Waals surface area contributed by atoms with Gasteiger partial charge in [0.05, 0.1) is 6.54 Å². The molecule has 2 aromatic carbocycles. The van der Waals surface area contributed by atoms with E-state index in [-0.39, 0.29) is 11.5 Å². The van der Waals surface area contributed by atoms with Crippen LogP contribution in [0.25, 0.3) is 16.0 Å². The number of anilines is 1. The summed E-state index contributed by atoms with van der Waals surface area (Å²) in [6.07, 6.45) is 2.80. The number of H-pyrrole nitrogens is 1. The highest BCUT2D eigenvalue weighted by Gasteiger charge is 2.13. The lowest BCUT2D eigenvalue weighted by Crippen LogP contribution is -2.17. The predicted octanol–water partition coefficient (Wildman–Crippen LogP) is 4.09. The van der Waals surface area contributed by atoms with E-state index in [0.29, 0.717) is 35.8 Å². The van der Waals surface area contributed by atoms with Gasteiger partial charge >= 0.3 is 5.69 Å². The molecule has 0 amide bonds. The molecule has 0 fully saturated rings. The van der Waals surface area contributed by atoms with E-state index in [0.717, 1.165) is 30.6 Å². The van der Waals surface area contributed by atoms with Crippen LogP contribution >= 0.6 is 0 Å². The molecule has 32 heavy (non-hydrogen) atoms. The average molecular weight is 428 g/mol. The zero-order chi connectivity index (χ0) is 22.5. The zero-order valence-electron chi connectivity index (χ0n) is 17.8. The molecule has 0 spiro atoms. The Morgan fingerprint density at radius 3 is 2.56 bits per heavy atom. The lowest BCUT2D eigenvalue weighted by molar-refractivity contribution is 0.481. The topological polar surface area (TPSA) is 103 Å². The number of aromatic nitrogens is 4. The van der Waals surface area contributed by atoms with Gasteiger partial charge < -0.3 is 20.3 Å². The molecule has 0 aliphatic carbocycles. The quantitative estimate of drug-likeness (QED) is 0.325. The SMILES string of the molecule is [C-]#[N+]CCCCc1cccc(Oc2cccc(Cn3c(=O)[nH]c4c(N)nc(C)nc43)c2)c1. The number of aryl methyl sites for hydroxylation is 2. The number of imidazole rings is 1. The van der Waals surface area contributed by atoms with Crippen molar-refractivity contribution in [1.29, 1.82) is 0 Å². The molecule has 0 saturated heterocycles. The second kappa shape index (κ2) is 9.35. The van der Waals surface area contributed by atoms with Gasteiger partial charge in [-0.15, -0.1) is 0 Å². The van der Waals surface area contributed by atoms with Gasteiger partial charge in [-0.1, -0.05) is 24.3 Å². The third-order valence-corrected chi connectivity index (χ3v) is 5.12. The predicted molar refractivity (Wildman–Crippen MR) is 124 cm³/mol. The molecule has 0 radical (unpaired) electrons. The van der Waals surface area contributed by atoms with Gasteiger partial charge in [-0.2, -0.15) is 0 Å². The van der Waals surface area contributed by atoms with E-state index in [1.54, 1.807) is 11.5 Å². The van der Waals surface area contributed by atoms with Crippen molar-refractivity contribution >= 4 is 17.0 Å². The molecular formula is C24H24N6O2. The Balaban J connectivity index is 1.52. The van der Waals surface area contributed by atoms with Gasteiger partial charge in [0, 0.05) is 6.42 Å². The first kappa shape index (κ1) is 21.1. The number of rotatable bonds is 8. The fourth-order valence-electron chi connectivity index (χ4n) is 3.62. The average Bonchev–Trinajstić information content (AvgIpc) is 3.07. The summed E-state index contributed by atoms with van der Waals surface area (Å²) in [6, 6.07) is 15.6. The van der Waals surface area contributed by atoms with Crippen molar-refractivity contribution in [2.24, 2.45) is 0 Å². The Morgan fingerprint density at radius 1 is 1.09 bits per heavy atom. The fourth-order valence-corrected chi connectivity index (χ4v) is 3.62. The number of hydrogen-bond acceptors (Lipinski definition) is 5. The molecule has 4 aromatic rings. The number of hydrogen-bond donors (Lipinski definition) is 2. The fraction of sp³-hybridized carbons (Fsp3) is 0.250. The Labute approximate surface area is 185 Å². The van der Waals surface area contributed by atoms with E-state index in [1.165, 1.54) is 5.56 Å². The molecular weight excluding hydrogens is 404 g/mol. The molecule has 0 saturated carbocycles. The second-order valence-corrected chi connectivity index (χ2v) is 7.61. The maximum absolute atomic E-state index is 12.5. The number of nitrogens with two attached hydrogens (primary N) is 1. The number of aromatic amines is 1. The lowest BCUT2D eigenvalue weighted by atomic mass is 10.1. The van der Waals surface area contributed by atoms with E-state index in [4.69, 9.17) is 17.0 Å².